The first-order valence-electron chi connectivity index (χ1n) is 17.8. The summed E-state index contributed by atoms with van der Waals surface area (Å²) in [7, 11) is 0. The molecule has 0 unspecified atom stereocenters. The second-order valence-electron chi connectivity index (χ2n) is 12.3. The maximum atomic E-state index is 13.8. The predicted molar refractivity (Wildman–Crippen MR) is 210 cm³/mol. The number of carbonyl (C=O) groups excluding carboxylic acids is 2. The van der Waals surface area contributed by atoms with Gasteiger partial charge in [0.2, 0.25) is 11.9 Å². The largest absolute Gasteiger partial charge is 0.433 e. The van der Waals surface area contributed by atoms with E-state index in [4.69, 9.17) is 0 Å². The highest BCUT2D eigenvalue weighted by Crippen LogP contribution is 2.32. The zero-order chi connectivity index (χ0) is 43.6. The molecule has 0 radical (unpaired) electrons. The standard InChI is InChI=1S/C21H15F4N7O.C17H16F3N7O/c22-14-7-1-2-8-15(14)29-20(33)32-19-30-17-13(6-4-10-27-17)18(31-19)28-11-12-5-3-9-26-16(12)21(23,24)25;1-2-21-16(28)27-15-25-13-11(6-4-8-23-13)14(26-15)24-9-10-5-3-7-22-12(10)17(18,19)20/h1-10H,11H2,(H3,27,28,29,30,31,32,33);3-8H,2,9H2,1H3,(H3,21,23,24,25,26,27,28). The molecule has 16 nitrogen and oxygen atoms in total. The minimum atomic E-state index is -4.62. The quantitative estimate of drug-likeness (QED) is 0.0723. The van der Waals surface area contributed by atoms with Gasteiger partial charge in [-0.05, 0) is 55.5 Å². The SMILES string of the molecule is CCNC(=O)Nc1nc(NCc2cccnc2C(F)(F)F)c2cccnc2n1.O=C(Nc1nc(NCc2cccnc2C(F)(F)F)c2cccnc2n1)Nc1ccccc1F. The van der Waals surface area contributed by atoms with E-state index in [-0.39, 0.29) is 64.7 Å². The van der Waals surface area contributed by atoms with Gasteiger partial charge in [0, 0.05) is 55.5 Å². The molecule has 0 spiro atoms. The molecule has 0 fully saturated rings. The number of carbonyl (C=O) groups is 2. The lowest BCUT2D eigenvalue weighted by molar-refractivity contribution is -0.142. The first-order valence-corrected chi connectivity index (χ1v) is 17.8. The molecule has 0 bridgehead atoms. The number of pyridine rings is 4. The number of rotatable bonds is 10. The fourth-order valence-electron chi connectivity index (χ4n) is 5.46. The van der Waals surface area contributed by atoms with Crippen LogP contribution in [0.1, 0.15) is 29.4 Å². The van der Waals surface area contributed by atoms with Crippen molar-refractivity contribution in [2.45, 2.75) is 32.4 Å². The smallest absolute Gasteiger partial charge is 0.365 e. The van der Waals surface area contributed by atoms with Crippen molar-refractivity contribution in [2.75, 3.05) is 33.1 Å². The van der Waals surface area contributed by atoms with E-state index in [1.54, 1.807) is 37.3 Å². The maximum absolute atomic E-state index is 13.8. The third kappa shape index (κ3) is 11.2. The number of benzene rings is 1. The van der Waals surface area contributed by atoms with E-state index in [0.717, 1.165) is 12.4 Å². The van der Waals surface area contributed by atoms with Crippen LogP contribution < -0.4 is 31.9 Å². The highest BCUT2D eigenvalue weighted by Gasteiger charge is 2.36. The fraction of sp³-hybridized carbons (Fsp3) is 0.158. The number of urea groups is 2. The van der Waals surface area contributed by atoms with Gasteiger partial charge < -0.3 is 21.3 Å². The molecule has 314 valence electrons. The Bertz CT molecular complexity index is 2670. The van der Waals surface area contributed by atoms with E-state index in [1.165, 1.54) is 54.9 Å². The van der Waals surface area contributed by atoms with Crippen molar-refractivity contribution >= 4 is 63.3 Å². The molecule has 0 aliphatic rings. The molecule has 6 aromatic heterocycles. The molecule has 4 amide bonds. The van der Waals surface area contributed by atoms with Crippen LogP contribution in [0.4, 0.5) is 69.5 Å². The molecule has 6 N–H and O–H groups in total. The average molecular weight is 849 g/mol. The Morgan fingerprint density at radius 2 is 1.02 bits per heavy atom. The molecule has 7 rings (SSSR count). The van der Waals surface area contributed by atoms with E-state index >= 15 is 0 Å². The number of nitrogens with one attached hydrogen (secondary N) is 6. The molecule has 0 aliphatic carbocycles. The number of alkyl halides is 6. The first-order chi connectivity index (χ1) is 29.2. The summed E-state index contributed by atoms with van der Waals surface area (Å²) in [5.74, 6) is -0.456. The van der Waals surface area contributed by atoms with Crippen molar-refractivity contribution in [1.29, 1.82) is 0 Å². The number of halogens is 7. The third-order valence-corrected chi connectivity index (χ3v) is 8.06. The van der Waals surface area contributed by atoms with Gasteiger partial charge in [-0.1, -0.05) is 24.3 Å². The van der Waals surface area contributed by atoms with Gasteiger partial charge in [0.15, 0.2) is 11.3 Å². The van der Waals surface area contributed by atoms with Crippen LogP contribution in [-0.2, 0) is 25.4 Å². The number of hydrogen-bond donors (Lipinski definition) is 6. The number of amides is 4. The zero-order valence-electron chi connectivity index (χ0n) is 31.4. The van der Waals surface area contributed by atoms with Crippen molar-refractivity contribution in [3.05, 3.63) is 126 Å². The van der Waals surface area contributed by atoms with E-state index in [2.05, 4.69) is 71.8 Å². The van der Waals surface area contributed by atoms with E-state index in [0.29, 0.717) is 17.3 Å². The molecule has 61 heavy (non-hydrogen) atoms. The molecule has 23 heteroatoms. The summed E-state index contributed by atoms with van der Waals surface area (Å²) in [5, 5.41) is 16.3. The van der Waals surface area contributed by atoms with Crippen LogP contribution >= 0.6 is 0 Å². The Labute approximate surface area is 339 Å². The normalized spacial score (nSPS) is 11.3. The number of nitrogens with zero attached hydrogens (tertiary/aromatic N) is 8. The number of para-hydroxylation sites is 1. The molecule has 0 saturated heterocycles. The summed E-state index contributed by atoms with van der Waals surface area (Å²) in [6.07, 6.45) is -4.07. The number of aromatic nitrogens is 8. The molecule has 0 saturated carbocycles. The van der Waals surface area contributed by atoms with Gasteiger partial charge in [-0.15, -0.1) is 0 Å². The van der Waals surface area contributed by atoms with Crippen LogP contribution in [0.3, 0.4) is 0 Å². The van der Waals surface area contributed by atoms with E-state index in [1.807, 2.05) is 0 Å². The molecule has 1 aromatic carbocycles. The van der Waals surface area contributed by atoms with E-state index < -0.39 is 41.6 Å². The molecule has 0 atom stereocenters. The topological polar surface area (TPSA) is 209 Å². The van der Waals surface area contributed by atoms with Crippen molar-refractivity contribution in [3.63, 3.8) is 0 Å². The van der Waals surface area contributed by atoms with Gasteiger partial charge >= 0.3 is 24.4 Å². The fourth-order valence-corrected chi connectivity index (χ4v) is 5.46. The molecule has 0 aliphatic heterocycles. The van der Waals surface area contributed by atoms with E-state index in [9.17, 15) is 40.3 Å². The van der Waals surface area contributed by atoms with Crippen LogP contribution in [0.2, 0.25) is 0 Å². The molecule has 7 aromatic rings. The van der Waals surface area contributed by atoms with Crippen molar-refractivity contribution in [3.8, 4) is 0 Å². The Kier molecular flexibility index (Phi) is 13.2. The predicted octanol–water partition coefficient (Wildman–Crippen LogP) is 8.03. The molecular weight excluding hydrogens is 817 g/mol. The third-order valence-electron chi connectivity index (χ3n) is 8.06. The Balaban J connectivity index is 0.000000207. The molecular formula is C38H31F7N14O2. The van der Waals surface area contributed by atoms with Gasteiger partial charge in [0.25, 0.3) is 0 Å². The van der Waals surface area contributed by atoms with Gasteiger partial charge in [-0.25, -0.2) is 23.9 Å². The van der Waals surface area contributed by atoms with Gasteiger partial charge in [0.1, 0.15) is 28.8 Å². The van der Waals surface area contributed by atoms with Crippen LogP contribution in [0, 0.1) is 5.82 Å². The minimum Gasteiger partial charge on any atom is -0.365 e. The maximum Gasteiger partial charge on any atom is 0.433 e. The van der Waals surface area contributed by atoms with Crippen molar-refractivity contribution in [1.82, 2.24) is 45.2 Å². The highest BCUT2D eigenvalue weighted by molar-refractivity contribution is 5.99. The Hall–Kier alpha value is -7.85. The van der Waals surface area contributed by atoms with Gasteiger partial charge in [-0.3, -0.25) is 20.6 Å². The first kappa shape index (κ1) is 42.7. The average Bonchev–Trinajstić information content (AvgIpc) is 3.22. The number of hydrogen-bond acceptors (Lipinski definition) is 12. The summed E-state index contributed by atoms with van der Waals surface area (Å²) in [5.41, 5.74) is -1.69. The number of fused-ring (bicyclic) bond motifs is 2. The van der Waals surface area contributed by atoms with Crippen molar-refractivity contribution < 1.29 is 40.3 Å². The Morgan fingerprint density at radius 3 is 1.49 bits per heavy atom. The summed E-state index contributed by atoms with van der Waals surface area (Å²) >= 11 is 0. The summed E-state index contributed by atoms with van der Waals surface area (Å²) in [4.78, 5) is 55.7. The van der Waals surface area contributed by atoms with Crippen LogP contribution in [-0.4, -0.2) is 58.5 Å². The minimum absolute atomic E-state index is 0.0260. The van der Waals surface area contributed by atoms with Gasteiger partial charge in [-0.2, -0.15) is 46.3 Å². The van der Waals surface area contributed by atoms with Crippen LogP contribution in [0.15, 0.2) is 97.6 Å². The van der Waals surface area contributed by atoms with Crippen LogP contribution in [0.5, 0.6) is 0 Å². The summed E-state index contributed by atoms with van der Waals surface area (Å²) in [6.45, 7) is 1.74. The number of anilines is 5. The summed E-state index contributed by atoms with van der Waals surface area (Å²) < 4.78 is 92.8. The lowest BCUT2D eigenvalue weighted by Crippen LogP contribution is -2.29. The van der Waals surface area contributed by atoms with Crippen molar-refractivity contribution in [2.24, 2.45) is 0 Å². The molecule has 6 heterocycles. The Morgan fingerprint density at radius 1 is 0.557 bits per heavy atom. The second-order valence-corrected chi connectivity index (χ2v) is 12.3. The highest BCUT2D eigenvalue weighted by atomic mass is 19.4. The van der Waals surface area contributed by atoms with Gasteiger partial charge in [0.05, 0.1) is 16.5 Å². The summed E-state index contributed by atoms with van der Waals surface area (Å²) in [6, 6.07) is 16.3. The van der Waals surface area contributed by atoms with Crippen LogP contribution in [0.25, 0.3) is 22.1 Å². The monoisotopic (exact) mass is 848 g/mol. The second kappa shape index (κ2) is 18.8. The zero-order valence-corrected chi connectivity index (χ0v) is 31.4. The lowest BCUT2D eigenvalue weighted by Gasteiger charge is -2.14. The lowest BCUT2D eigenvalue weighted by atomic mass is 10.2.